The topological polar surface area (TPSA) is 103 Å². The molecule has 36 heavy (non-hydrogen) atoms. The van der Waals surface area contributed by atoms with Crippen LogP contribution in [0.15, 0.2) is 53.0 Å². The van der Waals surface area contributed by atoms with E-state index in [2.05, 4.69) is 46.8 Å². The number of piperazine rings is 1. The van der Waals surface area contributed by atoms with Gasteiger partial charge < -0.3 is 25.2 Å². The summed E-state index contributed by atoms with van der Waals surface area (Å²) in [5.41, 5.74) is 3.56. The maximum Gasteiger partial charge on any atom is 0.270 e. The molecule has 12 heteroatoms. The average Bonchev–Trinajstić information content (AvgIpc) is 2.91. The molecule has 2 saturated heterocycles. The Labute approximate surface area is 213 Å². The second-order valence-corrected chi connectivity index (χ2v) is 8.88. The van der Waals surface area contributed by atoms with E-state index in [-0.39, 0.29) is 18.3 Å². The lowest BCUT2D eigenvalue weighted by molar-refractivity contribution is 0.122. The van der Waals surface area contributed by atoms with Crippen molar-refractivity contribution in [1.82, 2.24) is 20.3 Å². The number of benzene rings is 1. The highest BCUT2D eigenvalue weighted by Crippen LogP contribution is 2.28. The Kier molecular flexibility index (Phi) is 7.79. The summed E-state index contributed by atoms with van der Waals surface area (Å²) < 4.78 is 19.5. The number of nitrogens with one attached hydrogen (secondary N) is 2. The van der Waals surface area contributed by atoms with Crippen molar-refractivity contribution in [3.05, 3.63) is 59.3 Å². The number of anilines is 4. The number of hydrogen-bond acceptors (Lipinski definition) is 10. The normalized spacial score (nSPS) is 16.5. The van der Waals surface area contributed by atoms with Crippen LogP contribution in [-0.4, -0.2) is 67.4 Å². The van der Waals surface area contributed by atoms with E-state index in [0.29, 0.717) is 31.3 Å². The van der Waals surface area contributed by atoms with Crippen LogP contribution in [-0.2, 0) is 11.3 Å². The standard InChI is InChI=1S/C24H27ClFN9O/c25-17-11-20(13-21(12-17)34-5-3-27-4-6-34)31-19-2-1-18(28-14-19)15-30-33-24-29-16-22(26)23(32-24)35-7-9-36-10-8-35/h1-2,11-14,16,27,31H,3-10,15H2. The summed E-state index contributed by atoms with van der Waals surface area (Å²) in [5.74, 6) is -0.158. The van der Waals surface area contributed by atoms with Crippen LogP contribution < -0.4 is 20.4 Å². The predicted molar refractivity (Wildman–Crippen MR) is 137 cm³/mol. The van der Waals surface area contributed by atoms with Gasteiger partial charge in [0.1, 0.15) is 6.54 Å². The van der Waals surface area contributed by atoms with Gasteiger partial charge in [0.15, 0.2) is 11.6 Å². The quantitative estimate of drug-likeness (QED) is 0.460. The summed E-state index contributed by atoms with van der Waals surface area (Å²) in [4.78, 5) is 16.7. The van der Waals surface area contributed by atoms with Crippen molar-refractivity contribution in [1.29, 1.82) is 0 Å². The number of ether oxygens (including phenoxy) is 1. The Balaban J connectivity index is 1.20. The van der Waals surface area contributed by atoms with Crippen molar-refractivity contribution < 1.29 is 9.13 Å². The molecule has 0 aliphatic carbocycles. The number of aromatic nitrogens is 3. The van der Waals surface area contributed by atoms with E-state index in [1.54, 1.807) is 6.20 Å². The summed E-state index contributed by atoms with van der Waals surface area (Å²) in [6, 6.07) is 9.76. The molecule has 188 valence electrons. The van der Waals surface area contributed by atoms with Gasteiger partial charge in [-0.15, -0.1) is 5.11 Å². The Morgan fingerprint density at radius 3 is 2.61 bits per heavy atom. The maximum atomic E-state index is 14.2. The summed E-state index contributed by atoms with van der Waals surface area (Å²) >= 11 is 6.37. The van der Waals surface area contributed by atoms with E-state index in [4.69, 9.17) is 16.3 Å². The fourth-order valence-corrected chi connectivity index (χ4v) is 4.31. The minimum Gasteiger partial charge on any atom is -0.378 e. The predicted octanol–water partition coefficient (Wildman–Crippen LogP) is 3.94. The van der Waals surface area contributed by atoms with Gasteiger partial charge in [0.2, 0.25) is 0 Å². The third-order valence-corrected chi connectivity index (χ3v) is 6.11. The van der Waals surface area contributed by atoms with Gasteiger partial charge >= 0.3 is 0 Å². The first-order chi connectivity index (χ1) is 17.6. The zero-order valence-corrected chi connectivity index (χ0v) is 20.5. The van der Waals surface area contributed by atoms with Gasteiger partial charge in [0.05, 0.1) is 37.0 Å². The Morgan fingerprint density at radius 1 is 1.00 bits per heavy atom. The lowest BCUT2D eigenvalue weighted by atomic mass is 10.2. The third-order valence-electron chi connectivity index (χ3n) is 5.89. The highest BCUT2D eigenvalue weighted by Gasteiger charge is 2.18. The van der Waals surface area contributed by atoms with Crippen LogP contribution in [0, 0.1) is 5.82 Å². The Hall–Kier alpha value is -3.41. The minimum atomic E-state index is -0.486. The fourth-order valence-electron chi connectivity index (χ4n) is 4.08. The summed E-state index contributed by atoms with van der Waals surface area (Å²) in [7, 11) is 0. The molecule has 0 unspecified atom stereocenters. The van der Waals surface area contributed by atoms with Crippen LogP contribution in [0.2, 0.25) is 5.02 Å². The molecule has 2 aromatic heterocycles. The SMILES string of the molecule is Fc1cnc(N=NCc2ccc(Nc3cc(Cl)cc(N4CCNCC4)c3)cn2)nc1N1CCOCC1. The van der Waals surface area contributed by atoms with Gasteiger partial charge in [-0.3, -0.25) is 4.98 Å². The van der Waals surface area contributed by atoms with Crippen molar-refractivity contribution in [2.75, 3.05) is 67.6 Å². The molecule has 1 aromatic carbocycles. The average molecular weight is 512 g/mol. The lowest BCUT2D eigenvalue weighted by Crippen LogP contribution is -2.43. The van der Waals surface area contributed by atoms with Crippen molar-refractivity contribution in [3.8, 4) is 0 Å². The van der Waals surface area contributed by atoms with Gasteiger partial charge in [-0.2, -0.15) is 10.1 Å². The highest BCUT2D eigenvalue weighted by atomic mass is 35.5. The lowest BCUT2D eigenvalue weighted by Gasteiger charge is -2.30. The number of azo groups is 1. The van der Waals surface area contributed by atoms with Crippen LogP contribution in [0.25, 0.3) is 0 Å². The molecule has 0 atom stereocenters. The Morgan fingerprint density at radius 2 is 1.83 bits per heavy atom. The number of morpholine rings is 1. The molecule has 4 heterocycles. The molecule has 0 radical (unpaired) electrons. The van der Waals surface area contributed by atoms with Crippen LogP contribution >= 0.6 is 11.6 Å². The molecular weight excluding hydrogens is 485 g/mol. The van der Waals surface area contributed by atoms with Crippen LogP contribution in [0.3, 0.4) is 0 Å². The van der Waals surface area contributed by atoms with E-state index in [1.165, 1.54) is 0 Å². The molecular formula is C24H27ClFN9O. The van der Waals surface area contributed by atoms with Crippen LogP contribution in [0.4, 0.5) is 33.2 Å². The molecule has 3 aromatic rings. The monoisotopic (exact) mass is 511 g/mol. The summed E-state index contributed by atoms with van der Waals surface area (Å²) in [5, 5.41) is 15.6. The second kappa shape index (κ2) is 11.5. The van der Waals surface area contributed by atoms with Gasteiger partial charge in [-0.05, 0) is 30.3 Å². The first-order valence-electron chi connectivity index (χ1n) is 11.8. The third kappa shape index (κ3) is 6.23. The fraction of sp³-hybridized carbons (Fsp3) is 0.375. The van der Waals surface area contributed by atoms with Crippen LogP contribution in [0.5, 0.6) is 0 Å². The first-order valence-corrected chi connectivity index (χ1v) is 12.2. The molecule has 2 fully saturated rings. The molecule has 0 amide bonds. The van der Waals surface area contributed by atoms with Gasteiger partial charge in [0.25, 0.3) is 5.95 Å². The van der Waals surface area contributed by atoms with E-state index in [0.717, 1.165) is 55.1 Å². The van der Waals surface area contributed by atoms with Crippen molar-refractivity contribution in [2.45, 2.75) is 6.54 Å². The molecule has 0 bridgehead atoms. The second-order valence-electron chi connectivity index (χ2n) is 8.44. The van der Waals surface area contributed by atoms with E-state index in [9.17, 15) is 4.39 Å². The maximum absolute atomic E-state index is 14.2. The van der Waals surface area contributed by atoms with E-state index in [1.807, 2.05) is 29.2 Å². The number of rotatable bonds is 7. The van der Waals surface area contributed by atoms with E-state index >= 15 is 0 Å². The molecule has 0 saturated carbocycles. The van der Waals surface area contributed by atoms with Crippen LogP contribution in [0.1, 0.15) is 5.69 Å². The first kappa shape index (κ1) is 24.3. The highest BCUT2D eigenvalue weighted by molar-refractivity contribution is 6.31. The molecule has 0 spiro atoms. The Bertz CT molecular complexity index is 1200. The zero-order chi connectivity index (χ0) is 24.7. The molecule has 2 N–H and O–H groups in total. The number of hydrogen-bond donors (Lipinski definition) is 2. The molecule has 10 nitrogen and oxygen atoms in total. The molecule has 2 aliphatic heterocycles. The van der Waals surface area contributed by atoms with E-state index < -0.39 is 5.82 Å². The number of halogens is 2. The number of pyridine rings is 1. The van der Waals surface area contributed by atoms with Crippen molar-refractivity contribution in [3.63, 3.8) is 0 Å². The van der Waals surface area contributed by atoms with Gasteiger partial charge in [0, 0.05) is 55.7 Å². The molecule has 5 rings (SSSR count). The smallest absolute Gasteiger partial charge is 0.270 e. The van der Waals surface area contributed by atoms with Gasteiger partial charge in [-0.25, -0.2) is 9.37 Å². The van der Waals surface area contributed by atoms with Gasteiger partial charge in [-0.1, -0.05) is 11.6 Å². The summed E-state index contributed by atoms with van der Waals surface area (Å²) in [6.45, 7) is 6.27. The zero-order valence-electron chi connectivity index (χ0n) is 19.7. The largest absolute Gasteiger partial charge is 0.378 e. The van der Waals surface area contributed by atoms with Crippen molar-refractivity contribution in [2.24, 2.45) is 10.2 Å². The van der Waals surface area contributed by atoms with Crippen molar-refractivity contribution >= 4 is 40.4 Å². The molecule has 2 aliphatic rings. The minimum absolute atomic E-state index is 0.109. The number of nitrogens with zero attached hydrogens (tertiary/aromatic N) is 7. The summed E-state index contributed by atoms with van der Waals surface area (Å²) in [6.07, 6.45) is 2.86.